The molecular formula is C16H13BrCl2O2. The standard InChI is InChI=1S/C16H13BrCl2O2/c17-11-6-9-4-5-21-16(9)10(7-11)8-14(20)15-12(18)2-1-3-13(15)19/h1-3,6-7,14,20H,4-5,8H2. The molecule has 1 unspecified atom stereocenters. The summed E-state index contributed by atoms with van der Waals surface area (Å²) in [7, 11) is 0. The summed E-state index contributed by atoms with van der Waals surface area (Å²) < 4.78 is 6.67. The van der Waals surface area contributed by atoms with Crippen LogP contribution >= 0.6 is 39.1 Å². The van der Waals surface area contributed by atoms with E-state index in [-0.39, 0.29) is 0 Å². The van der Waals surface area contributed by atoms with Crippen LogP contribution in [-0.2, 0) is 12.8 Å². The van der Waals surface area contributed by atoms with E-state index in [4.69, 9.17) is 27.9 Å². The Bertz CT molecular complexity index is 668. The third-order valence-corrected chi connectivity index (χ3v) is 4.69. The molecule has 5 heteroatoms. The highest BCUT2D eigenvalue weighted by atomic mass is 79.9. The fourth-order valence-corrected chi connectivity index (χ4v) is 3.84. The van der Waals surface area contributed by atoms with Crippen molar-refractivity contribution in [3.05, 3.63) is 61.5 Å². The van der Waals surface area contributed by atoms with Gasteiger partial charge in [0.25, 0.3) is 0 Å². The minimum Gasteiger partial charge on any atom is -0.493 e. The summed E-state index contributed by atoms with van der Waals surface area (Å²) in [4.78, 5) is 0. The van der Waals surface area contributed by atoms with Gasteiger partial charge in [-0.3, -0.25) is 0 Å². The highest BCUT2D eigenvalue weighted by molar-refractivity contribution is 9.10. The van der Waals surface area contributed by atoms with E-state index in [0.717, 1.165) is 27.8 Å². The van der Waals surface area contributed by atoms with Crippen LogP contribution < -0.4 is 4.74 Å². The number of halogens is 3. The molecule has 0 aromatic heterocycles. The number of hydrogen-bond acceptors (Lipinski definition) is 2. The van der Waals surface area contributed by atoms with E-state index in [2.05, 4.69) is 22.0 Å². The van der Waals surface area contributed by atoms with Crippen molar-refractivity contribution in [2.24, 2.45) is 0 Å². The van der Waals surface area contributed by atoms with Gasteiger partial charge < -0.3 is 9.84 Å². The van der Waals surface area contributed by atoms with Gasteiger partial charge in [0.1, 0.15) is 5.75 Å². The maximum Gasteiger partial charge on any atom is 0.125 e. The van der Waals surface area contributed by atoms with E-state index in [1.54, 1.807) is 18.2 Å². The molecule has 110 valence electrons. The van der Waals surface area contributed by atoms with Gasteiger partial charge in [0.2, 0.25) is 0 Å². The zero-order valence-corrected chi connectivity index (χ0v) is 14.2. The average molecular weight is 388 g/mol. The second-order valence-corrected chi connectivity index (χ2v) is 6.74. The molecule has 21 heavy (non-hydrogen) atoms. The Morgan fingerprint density at radius 3 is 2.67 bits per heavy atom. The SMILES string of the molecule is OC(Cc1cc(Br)cc2c1OCC2)c1c(Cl)cccc1Cl. The molecule has 0 aliphatic carbocycles. The summed E-state index contributed by atoms with van der Waals surface area (Å²) in [6.07, 6.45) is 0.532. The van der Waals surface area contributed by atoms with Crippen LogP contribution in [0.25, 0.3) is 0 Å². The second kappa shape index (κ2) is 6.17. The van der Waals surface area contributed by atoms with Gasteiger partial charge in [0, 0.05) is 32.9 Å². The minimum atomic E-state index is -0.770. The molecule has 0 radical (unpaired) electrons. The number of rotatable bonds is 3. The van der Waals surface area contributed by atoms with Gasteiger partial charge in [0.05, 0.1) is 12.7 Å². The largest absolute Gasteiger partial charge is 0.493 e. The van der Waals surface area contributed by atoms with Gasteiger partial charge in [-0.15, -0.1) is 0 Å². The lowest BCUT2D eigenvalue weighted by Crippen LogP contribution is -2.05. The fourth-order valence-electron chi connectivity index (χ4n) is 2.64. The number of hydrogen-bond donors (Lipinski definition) is 1. The van der Waals surface area contributed by atoms with Crippen molar-refractivity contribution in [3.8, 4) is 5.75 Å². The van der Waals surface area contributed by atoms with Crippen molar-refractivity contribution in [1.82, 2.24) is 0 Å². The third kappa shape index (κ3) is 3.07. The molecular weight excluding hydrogens is 375 g/mol. The molecule has 0 spiro atoms. The van der Waals surface area contributed by atoms with Crippen LogP contribution in [0.2, 0.25) is 10.0 Å². The summed E-state index contributed by atoms with van der Waals surface area (Å²) in [6, 6.07) is 9.25. The molecule has 2 nitrogen and oxygen atoms in total. The maximum atomic E-state index is 10.5. The maximum absolute atomic E-state index is 10.5. The molecule has 0 saturated carbocycles. The lowest BCUT2D eigenvalue weighted by Gasteiger charge is -2.16. The van der Waals surface area contributed by atoms with Gasteiger partial charge in [-0.1, -0.05) is 45.2 Å². The predicted octanol–water partition coefficient (Wildman–Crippen LogP) is 4.97. The van der Waals surface area contributed by atoms with Crippen molar-refractivity contribution in [2.75, 3.05) is 6.61 Å². The first-order valence-electron chi connectivity index (χ1n) is 6.62. The smallest absolute Gasteiger partial charge is 0.125 e. The van der Waals surface area contributed by atoms with Crippen LogP contribution in [0.5, 0.6) is 5.75 Å². The number of benzene rings is 2. The van der Waals surface area contributed by atoms with Crippen LogP contribution in [0, 0.1) is 0 Å². The number of ether oxygens (including phenoxy) is 1. The number of fused-ring (bicyclic) bond motifs is 1. The molecule has 0 fully saturated rings. The van der Waals surface area contributed by atoms with Gasteiger partial charge >= 0.3 is 0 Å². The normalized spacial score (nSPS) is 14.7. The monoisotopic (exact) mass is 386 g/mol. The molecule has 1 N–H and O–H groups in total. The average Bonchev–Trinajstić information content (AvgIpc) is 2.86. The molecule has 1 aliphatic rings. The van der Waals surface area contributed by atoms with Gasteiger partial charge in [-0.25, -0.2) is 0 Å². The molecule has 1 aliphatic heterocycles. The summed E-state index contributed by atoms with van der Waals surface area (Å²) in [5, 5.41) is 11.5. The third-order valence-electron chi connectivity index (χ3n) is 3.57. The second-order valence-electron chi connectivity index (χ2n) is 5.01. The summed E-state index contributed by atoms with van der Waals surface area (Å²) in [5.41, 5.74) is 2.68. The molecule has 0 amide bonds. The molecule has 1 atom stereocenters. The summed E-state index contributed by atoms with van der Waals surface area (Å²) in [6.45, 7) is 0.682. The van der Waals surface area contributed by atoms with Crippen LogP contribution in [-0.4, -0.2) is 11.7 Å². The Balaban J connectivity index is 1.94. The molecule has 0 bridgehead atoms. The van der Waals surface area contributed by atoms with Crippen molar-refractivity contribution in [3.63, 3.8) is 0 Å². The topological polar surface area (TPSA) is 29.5 Å². The van der Waals surface area contributed by atoms with E-state index in [9.17, 15) is 5.11 Å². The molecule has 1 heterocycles. The quantitative estimate of drug-likeness (QED) is 0.805. The van der Waals surface area contributed by atoms with Crippen LogP contribution in [0.4, 0.5) is 0 Å². The van der Waals surface area contributed by atoms with Gasteiger partial charge in [0.15, 0.2) is 0 Å². The Morgan fingerprint density at radius 1 is 1.24 bits per heavy atom. The molecule has 3 rings (SSSR count). The highest BCUT2D eigenvalue weighted by Gasteiger charge is 2.22. The first-order chi connectivity index (χ1) is 10.1. The van der Waals surface area contributed by atoms with Crippen molar-refractivity contribution in [2.45, 2.75) is 18.9 Å². The first-order valence-corrected chi connectivity index (χ1v) is 8.17. The fraction of sp³-hybridized carbons (Fsp3) is 0.250. The Kier molecular flexibility index (Phi) is 4.46. The van der Waals surface area contributed by atoms with Crippen LogP contribution in [0.15, 0.2) is 34.8 Å². The van der Waals surface area contributed by atoms with E-state index in [1.807, 2.05) is 6.07 Å². The number of aliphatic hydroxyl groups excluding tert-OH is 1. The zero-order chi connectivity index (χ0) is 15.0. The summed E-state index contributed by atoms with van der Waals surface area (Å²) in [5.74, 6) is 0.875. The van der Waals surface area contributed by atoms with Crippen molar-refractivity contribution < 1.29 is 9.84 Å². The van der Waals surface area contributed by atoms with Crippen LogP contribution in [0.3, 0.4) is 0 Å². The minimum absolute atomic E-state index is 0.408. The van der Waals surface area contributed by atoms with E-state index >= 15 is 0 Å². The van der Waals surface area contributed by atoms with Gasteiger partial charge in [-0.05, 0) is 35.4 Å². The summed E-state index contributed by atoms with van der Waals surface area (Å²) >= 11 is 15.8. The first kappa shape index (κ1) is 15.2. The zero-order valence-electron chi connectivity index (χ0n) is 11.1. The molecule has 2 aromatic rings. The van der Waals surface area contributed by atoms with Crippen molar-refractivity contribution in [1.29, 1.82) is 0 Å². The van der Waals surface area contributed by atoms with Gasteiger partial charge in [-0.2, -0.15) is 0 Å². The van der Waals surface area contributed by atoms with E-state index in [1.165, 1.54) is 0 Å². The van der Waals surface area contributed by atoms with E-state index < -0.39 is 6.10 Å². The Hall–Kier alpha value is -0.740. The predicted molar refractivity (Wildman–Crippen MR) is 88.5 cm³/mol. The Morgan fingerprint density at radius 2 is 1.95 bits per heavy atom. The lowest BCUT2D eigenvalue weighted by atomic mass is 9.98. The van der Waals surface area contributed by atoms with E-state index in [0.29, 0.717) is 28.6 Å². The molecule has 2 aromatic carbocycles. The Labute approximate surface area is 141 Å². The lowest BCUT2D eigenvalue weighted by molar-refractivity contribution is 0.177. The molecule has 0 saturated heterocycles. The number of aliphatic hydroxyl groups is 1. The van der Waals surface area contributed by atoms with Crippen molar-refractivity contribution >= 4 is 39.1 Å². The van der Waals surface area contributed by atoms with Crippen LogP contribution in [0.1, 0.15) is 22.8 Å². The highest BCUT2D eigenvalue weighted by Crippen LogP contribution is 2.38.